The molecule has 3 aromatic rings. The van der Waals surface area contributed by atoms with Gasteiger partial charge in [-0.3, -0.25) is 4.79 Å². The van der Waals surface area contributed by atoms with E-state index >= 15 is 0 Å². The van der Waals surface area contributed by atoms with Gasteiger partial charge in [-0.1, -0.05) is 62.7 Å². The molecule has 3 rings (SSSR count). The van der Waals surface area contributed by atoms with Gasteiger partial charge in [0.1, 0.15) is 5.82 Å². The van der Waals surface area contributed by atoms with Crippen molar-refractivity contribution in [1.82, 2.24) is 9.78 Å². The molecule has 0 saturated carbocycles. The Hall–Kier alpha value is -2.85. The predicted octanol–water partition coefficient (Wildman–Crippen LogP) is 5.48. The predicted molar refractivity (Wildman–Crippen MR) is 111 cm³/mol. The third kappa shape index (κ3) is 4.86. The van der Waals surface area contributed by atoms with Gasteiger partial charge in [0.05, 0.1) is 11.4 Å². The molecule has 2 aromatic carbocycles. The topological polar surface area (TPSA) is 46.9 Å². The number of carbonyl (C=O) groups is 1. The Bertz CT molecular complexity index is 969. The molecule has 1 N–H and O–H groups in total. The van der Waals surface area contributed by atoms with Crippen LogP contribution in [0.5, 0.6) is 0 Å². The van der Waals surface area contributed by atoms with E-state index in [2.05, 4.69) is 26.1 Å². The molecule has 0 atom stereocenters. The second kappa shape index (κ2) is 7.80. The van der Waals surface area contributed by atoms with Gasteiger partial charge in [-0.25, -0.2) is 4.68 Å². The average molecular weight is 380 g/mol. The van der Waals surface area contributed by atoms with Gasteiger partial charge in [-0.2, -0.15) is 5.10 Å². The zero-order valence-corrected chi connectivity index (χ0v) is 16.4. The van der Waals surface area contributed by atoms with Crippen molar-refractivity contribution in [3.63, 3.8) is 0 Å². The fourth-order valence-corrected chi connectivity index (χ4v) is 2.75. The fourth-order valence-electron chi connectivity index (χ4n) is 2.55. The lowest BCUT2D eigenvalue weighted by molar-refractivity contribution is -0.111. The van der Waals surface area contributed by atoms with Gasteiger partial charge in [-0.15, -0.1) is 0 Å². The van der Waals surface area contributed by atoms with Crippen molar-refractivity contribution in [1.29, 1.82) is 0 Å². The first-order valence-electron chi connectivity index (χ1n) is 8.73. The summed E-state index contributed by atoms with van der Waals surface area (Å²) >= 11 is 5.98. The smallest absolute Gasteiger partial charge is 0.249 e. The maximum absolute atomic E-state index is 12.4. The summed E-state index contributed by atoms with van der Waals surface area (Å²) in [6, 6.07) is 19.0. The van der Waals surface area contributed by atoms with Crippen molar-refractivity contribution < 1.29 is 4.79 Å². The minimum absolute atomic E-state index is 0.129. The van der Waals surface area contributed by atoms with Crippen LogP contribution in [-0.4, -0.2) is 15.7 Å². The van der Waals surface area contributed by atoms with E-state index in [0.717, 1.165) is 16.9 Å². The maximum Gasteiger partial charge on any atom is 0.249 e. The summed E-state index contributed by atoms with van der Waals surface area (Å²) in [6.07, 6.45) is 3.22. The Morgan fingerprint density at radius 2 is 1.81 bits per heavy atom. The normalized spacial score (nSPS) is 11.7. The summed E-state index contributed by atoms with van der Waals surface area (Å²) in [4.78, 5) is 12.4. The van der Waals surface area contributed by atoms with Crippen molar-refractivity contribution in [2.45, 2.75) is 26.2 Å². The Morgan fingerprint density at radius 1 is 1.07 bits per heavy atom. The van der Waals surface area contributed by atoms with E-state index in [1.54, 1.807) is 22.9 Å². The molecule has 5 heteroatoms. The van der Waals surface area contributed by atoms with Crippen molar-refractivity contribution >= 4 is 29.4 Å². The lowest BCUT2D eigenvalue weighted by atomic mass is 9.92. The van der Waals surface area contributed by atoms with Gasteiger partial charge in [0, 0.05) is 22.6 Å². The number of carbonyl (C=O) groups excluding carboxylic acids is 1. The number of rotatable bonds is 4. The lowest BCUT2D eigenvalue weighted by Gasteiger charge is -2.14. The number of para-hydroxylation sites is 1. The van der Waals surface area contributed by atoms with E-state index in [-0.39, 0.29) is 11.3 Å². The summed E-state index contributed by atoms with van der Waals surface area (Å²) < 4.78 is 1.76. The van der Waals surface area contributed by atoms with Crippen LogP contribution in [0.15, 0.2) is 66.7 Å². The first-order valence-corrected chi connectivity index (χ1v) is 9.11. The highest BCUT2D eigenvalue weighted by Crippen LogP contribution is 2.26. The van der Waals surface area contributed by atoms with Gasteiger partial charge in [0.15, 0.2) is 0 Å². The number of anilines is 1. The molecule has 138 valence electrons. The monoisotopic (exact) mass is 379 g/mol. The average Bonchev–Trinajstić information content (AvgIpc) is 3.05. The largest absolute Gasteiger partial charge is 0.307 e. The van der Waals surface area contributed by atoms with Crippen LogP contribution in [0.4, 0.5) is 5.82 Å². The van der Waals surface area contributed by atoms with Crippen LogP contribution >= 0.6 is 11.6 Å². The number of nitrogens with zero attached hydrogens (tertiary/aromatic N) is 2. The molecule has 27 heavy (non-hydrogen) atoms. The summed E-state index contributed by atoms with van der Waals surface area (Å²) in [6.45, 7) is 6.28. The van der Waals surface area contributed by atoms with Crippen LogP contribution < -0.4 is 5.32 Å². The Labute approximate surface area is 164 Å². The van der Waals surface area contributed by atoms with Crippen LogP contribution in [0, 0.1) is 0 Å². The highest BCUT2D eigenvalue weighted by Gasteiger charge is 2.21. The van der Waals surface area contributed by atoms with Crippen LogP contribution in [0.3, 0.4) is 0 Å². The fraction of sp³-hybridized carbons (Fsp3) is 0.182. The molecule has 1 heterocycles. The molecule has 0 spiro atoms. The van der Waals surface area contributed by atoms with E-state index in [4.69, 9.17) is 16.7 Å². The molecule has 0 aliphatic rings. The van der Waals surface area contributed by atoms with Gasteiger partial charge < -0.3 is 5.32 Å². The molecule has 0 radical (unpaired) electrons. The number of hydrogen-bond acceptors (Lipinski definition) is 2. The highest BCUT2D eigenvalue weighted by atomic mass is 35.5. The van der Waals surface area contributed by atoms with E-state index in [0.29, 0.717) is 10.8 Å². The van der Waals surface area contributed by atoms with Crippen molar-refractivity contribution in [3.8, 4) is 5.69 Å². The van der Waals surface area contributed by atoms with Crippen molar-refractivity contribution in [2.24, 2.45) is 0 Å². The van der Waals surface area contributed by atoms with Crippen molar-refractivity contribution in [2.75, 3.05) is 5.32 Å². The second-order valence-corrected chi connectivity index (χ2v) is 7.73. The maximum atomic E-state index is 12.4. The molecule has 1 aromatic heterocycles. The lowest BCUT2D eigenvalue weighted by Crippen LogP contribution is -2.13. The summed E-state index contributed by atoms with van der Waals surface area (Å²) in [5, 5.41) is 8.26. The van der Waals surface area contributed by atoms with E-state index in [1.807, 2.05) is 48.5 Å². The number of nitrogens with one attached hydrogen (secondary N) is 1. The highest BCUT2D eigenvalue weighted by molar-refractivity contribution is 6.30. The molecule has 1 amide bonds. The summed E-state index contributed by atoms with van der Waals surface area (Å²) in [7, 11) is 0. The standard InChI is InChI=1S/C22H22ClN3O/c1-22(2,3)19-15-20(26(25-19)18-10-5-4-6-11-18)24-21(27)13-12-16-8-7-9-17(23)14-16/h4-15H,1-3H3,(H,24,27). The molecule has 0 aliphatic carbocycles. The minimum Gasteiger partial charge on any atom is -0.307 e. The molecular formula is C22H22ClN3O. The first kappa shape index (κ1) is 18.9. The molecule has 4 nitrogen and oxygen atoms in total. The number of hydrogen-bond donors (Lipinski definition) is 1. The van der Waals surface area contributed by atoms with Crippen LogP contribution in [0.1, 0.15) is 32.0 Å². The zero-order valence-electron chi connectivity index (χ0n) is 15.6. The molecule has 0 aliphatic heterocycles. The first-order chi connectivity index (χ1) is 12.8. The zero-order chi connectivity index (χ0) is 19.4. The van der Waals surface area contributed by atoms with Crippen LogP contribution in [-0.2, 0) is 10.2 Å². The number of halogens is 1. The Balaban J connectivity index is 1.87. The summed E-state index contributed by atoms with van der Waals surface area (Å²) in [5.74, 6) is 0.402. The second-order valence-electron chi connectivity index (χ2n) is 7.29. The Kier molecular flexibility index (Phi) is 5.47. The molecule has 0 saturated heterocycles. The number of amides is 1. The van der Waals surface area contributed by atoms with Crippen LogP contribution in [0.25, 0.3) is 11.8 Å². The van der Waals surface area contributed by atoms with Gasteiger partial charge in [-0.05, 0) is 35.9 Å². The van der Waals surface area contributed by atoms with Crippen LogP contribution in [0.2, 0.25) is 5.02 Å². The van der Waals surface area contributed by atoms with Gasteiger partial charge in [0.2, 0.25) is 5.91 Å². The minimum atomic E-state index is -0.229. The molecule has 0 fully saturated rings. The third-order valence-corrected chi connectivity index (χ3v) is 4.24. The number of benzene rings is 2. The van der Waals surface area contributed by atoms with E-state index < -0.39 is 0 Å². The molecule has 0 unspecified atom stereocenters. The van der Waals surface area contributed by atoms with E-state index in [1.165, 1.54) is 6.08 Å². The SMILES string of the molecule is CC(C)(C)c1cc(NC(=O)C=Cc2cccc(Cl)c2)n(-c2ccccc2)n1. The van der Waals surface area contributed by atoms with Gasteiger partial charge >= 0.3 is 0 Å². The molecule has 0 bridgehead atoms. The molecular weight excluding hydrogens is 358 g/mol. The summed E-state index contributed by atoms with van der Waals surface area (Å²) in [5.41, 5.74) is 2.53. The quantitative estimate of drug-likeness (QED) is 0.610. The third-order valence-electron chi connectivity index (χ3n) is 4.01. The van der Waals surface area contributed by atoms with E-state index in [9.17, 15) is 4.79 Å². The Morgan fingerprint density at radius 3 is 2.48 bits per heavy atom. The van der Waals surface area contributed by atoms with Gasteiger partial charge in [0.25, 0.3) is 0 Å². The number of aromatic nitrogens is 2. The van der Waals surface area contributed by atoms with Crippen molar-refractivity contribution in [3.05, 3.63) is 83.0 Å².